The number of urea groups is 1. The van der Waals surface area contributed by atoms with Crippen LogP contribution in [-0.4, -0.2) is 78.2 Å². The molecule has 2 saturated heterocycles. The third-order valence-electron chi connectivity index (χ3n) is 7.32. The summed E-state index contributed by atoms with van der Waals surface area (Å²) in [5.74, 6) is 0.913. The summed E-state index contributed by atoms with van der Waals surface area (Å²) < 4.78 is 0. The molecule has 2 aromatic heterocycles. The lowest BCUT2D eigenvalue weighted by atomic mass is 10.1. The number of halogens is 2. The van der Waals surface area contributed by atoms with Gasteiger partial charge in [0.15, 0.2) is 0 Å². The fraction of sp³-hybridized carbons (Fsp3) is 0.296. The summed E-state index contributed by atoms with van der Waals surface area (Å²) in [7, 11) is 0. The maximum Gasteiger partial charge on any atom is 0.320 e. The zero-order chi connectivity index (χ0) is 26.4. The van der Waals surface area contributed by atoms with Gasteiger partial charge in [-0.3, -0.25) is 0 Å². The van der Waals surface area contributed by atoms with E-state index in [0.717, 1.165) is 59.4 Å². The third kappa shape index (κ3) is 4.68. The second-order valence-corrected chi connectivity index (χ2v) is 10.6. The number of benzene rings is 2. The summed E-state index contributed by atoms with van der Waals surface area (Å²) in [6.45, 7) is 5.45. The van der Waals surface area contributed by atoms with E-state index in [1.54, 1.807) is 0 Å². The summed E-state index contributed by atoms with van der Waals surface area (Å²) in [6, 6.07) is 15.2. The van der Waals surface area contributed by atoms with Crippen LogP contribution in [0.2, 0.25) is 10.0 Å². The Hall–Kier alpha value is -3.69. The smallest absolute Gasteiger partial charge is 0.320 e. The largest absolute Gasteiger partial charge is 0.384 e. The summed E-state index contributed by atoms with van der Waals surface area (Å²) in [5, 5.41) is 3.26. The van der Waals surface area contributed by atoms with E-state index in [-0.39, 0.29) is 6.03 Å². The molecule has 0 spiro atoms. The van der Waals surface area contributed by atoms with Crippen molar-refractivity contribution in [2.45, 2.75) is 0 Å². The highest BCUT2D eigenvalue weighted by Gasteiger charge is 2.29. The molecular formula is C27H28Cl2N8O. The SMILES string of the molecule is Nc1cc(N2CCN(C(=O)N3CCN(c4cc(N)nc5cc(Cl)ccc45)CC3)CC2)c2ccc(Cl)cc2n1. The Morgan fingerprint density at radius 1 is 0.632 bits per heavy atom. The van der Waals surface area contributed by atoms with E-state index < -0.39 is 0 Å². The number of nitrogens with two attached hydrogens (primary N) is 2. The summed E-state index contributed by atoms with van der Waals surface area (Å²) in [4.78, 5) is 30.6. The molecule has 2 aliphatic rings. The topological polar surface area (TPSA) is 108 Å². The molecule has 2 aliphatic heterocycles. The van der Waals surface area contributed by atoms with Crippen LogP contribution in [0.15, 0.2) is 48.5 Å². The number of rotatable bonds is 2. The van der Waals surface area contributed by atoms with Gasteiger partial charge < -0.3 is 31.1 Å². The first-order valence-electron chi connectivity index (χ1n) is 12.6. The van der Waals surface area contributed by atoms with Gasteiger partial charge in [0.1, 0.15) is 11.6 Å². The number of aromatic nitrogens is 2. The minimum Gasteiger partial charge on any atom is -0.384 e. The standard InChI is InChI=1S/C27H28Cl2N8O/c28-17-1-3-19-21(13-17)32-25(30)15-23(19)34-5-9-36(10-6-34)27(38)37-11-7-35(8-12-37)24-16-26(31)33-22-14-18(29)2-4-20(22)24/h1-4,13-16H,5-12H2,(H2,30,32)(H2,31,33). The van der Waals surface area contributed by atoms with Crippen molar-refractivity contribution in [2.75, 3.05) is 73.6 Å². The number of piperazine rings is 2. The highest BCUT2D eigenvalue weighted by atomic mass is 35.5. The van der Waals surface area contributed by atoms with Gasteiger partial charge in [-0.05, 0) is 36.4 Å². The summed E-state index contributed by atoms with van der Waals surface area (Å²) >= 11 is 12.3. The minimum absolute atomic E-state index is 0.0843. The molecule has 38 heavy (non-hydrogen) atoms. The summed E-state index contributed by atoms with van der Waals surface area (Å²) in [5.41, 5.74) is 15.8. The van der Waals surface area contributed by atoms with Gasteiger partial charge in [0.25, 0.3) is 0 Å². The van der Waals surface area contributed by atoms with Crippen LogP contribution in [0.25, 0.3) is 21.8 Å². The number of pyridine rings is 2. The van der Waals surface area contributed by atoms with Crippen molar-refractivity contribution in [1.29, 1.82) is 0 Å². The predicted octanol–water partition coefficient (Wildman–Crippen LogP) is 4.32. The second-order valence-electron chi connectivity index (χ2n) is 9.69. The Balaban J connectivity index is 1.10. The Morgan fingerprint density at radius 3 is 1.42 bits per heavy atom. The van der Waals surface area contributed by atoms with E-state index in [1.165, 1.54) is 0 Å². The molecule has 9 nitrogen and oxygen atoms in total. The summed E-state index contributed by atoms with van der Waals surface area (Å²) in [6.07, 6.45) is 0. The van der Waals surface area contributed by atoms with Crippen LogP contribution in [0.4, 0.5) is 27.8 Å². The van der Waals surface area contributed by atoms with E-state index in [1.807, 2.05) is 58.3 Å². The van der Waals surface area contributed by atoms with Crippen LogP contribution >= 0.6 is 23.2 Å². The van der Waals surface area contributed by atoms with Crippen LogP contribution in [-0.2, 0) is 0 Å². The number of nitrogens with zero attached hydrogens (tertiary/aromatic N) is 6. The normalized spacial score (nSPS) is 16.5. The Morgan fingerprint density at radius 2 is 1.03 bits per heavy atom. The number of anilines is 4. The fourth-order valence-corrected chi connectivity index (χ4v) is 5.74. The van der Waals surface area contributed by atoms with Crippen molar-refractivity contribution in [2.24, 2.45) is 0 Å². The van der Waals surface area contributed by atoms with Gasteiger partial charge in [-0.1, -0.05) is 23.2 Å². The average molecular weight is 551 g/mol. The number of fused-ring (bicyclic) bond motifs is 2. The van der Waals surface area contributed by atoms with E-state index in [4.69, 9.17) is 34.7 Å². The van der Waals surface area contributed by atoms with Crippen LogP contribution in [0.5, 0.6) is 0 Å². The molecule has 0 unspecified atom stereocenters. The predicted molar refractivity (Wildman–Crippen MR) is 155 cm³/mol. The highest BCUT2D eigenvalue weighted by molar-refractivity contribution is 6.31. The maximum absolute atomic E-state index is 13.4. The van der Waals surface area contributed by atoms with Crippen molar-refractivity contribution in [3.05, 3.63) is 58.6 Å². The van der Waals surface area contributed by atoms with Gasteiger partial charge >= 0.3 is 6.03 Å². The number of hydrogen-bond donors (Lipinski definition) is 2. The molecule has 0 aliphatic carbocycles. The Labute approximate surface area is 230 Å². The first-order valence-corrected chi connectivity index (χ1v) is 13.4. The van der Waals surface area contributed by atoms with Crippen molar-refractivity contribution in [3.63, 3.8) is 0 Å². The van der Waals surface area contributed by atoms with Crippen molar-refractivity contribution >= 4 is 74.0 Å². The van der Waals surface area contributed by atoms with Crippen molar-refractivity contribution in [3.8, 4) is 0 Å². The molecule has 0 bridgehead atoms. The first kappa shape index (κ1) is 24.6. The van der Waals surface area contributed by atoms with E-state index in [2.05, 4.69) is 19.8 Å². The average Bonchev–Trinajstić information content (AvgIpc) is 2.91. The lowest BCUT2D eigenvalue weighted by molar-refractivity contribution is 0.147. The fourth-order valence-electron chi connectivity index (χ4n) is 5.41. The van der Waals surface area contributed by atoms with Gasteiger partial charge in [0, 0.05) is 96.7 Å². The number of nitrogen functional groups attached to an aromatic ring is 2. The van der Waals surface area contributed by atoms with E-state index in [9.17, 15) is 4.79 Å². The van der Waals surface area contributed by atoms with Crippen LogP contribution < -0.4 is 21.3 Å². The minimum atomic E-state index is 0.0843. The van der Waals surface area contributed by atoms with Gasteiger partial charge in [0.2, 0.25) is 0 Å². The van der Waals surface area contributed by atoms with Gasteiger partial charge in [0.05, 0.1) is 11.0 Å². The highest BCUT2D eigenvalue weighted by Crippen LogP contribution is 2.32. The van der Waals surface area contributed by atoms with E-state index >= 15 is 0 Å². The lowest BCUT2D eigenvalue weighted by Crippen LogP contribution is -2.57. The molecule has 6 rings (SSSR count). The molecular weight excluding hydrogens is 523 g/mol. The molecule has 2 aromatic carbocycles. The molecule has 2 fully saturated rings. The molecule has 196 valence electrons. The number of hydrogen-bond acceptors (Lipinski definition) is 7. The van der Waals surface area contributed by atoms with Gasteiger partial charge in [-0.2, -0.15) is 0 Å². The molecule has 4 N–H and O–H groups in total. The molecule has 2 amide bonds. The van der Waals surface area contributed by atoms with Gasteiger partial charge in [-0.25, -0.2) is 14.8 Å². The number of carbonyl (C=O) groups excluding carboxylic acids is 1. The van der Waals surface area contributed by atoms with Crippen molar-refractivity contribution < 1.29 is 4.79 Å². The molecule has 0 saturated carbocycles. The van der Waals surface area contributed by atoms with Crippen LogP contribution in [0.1, 0.15) is 0 Å². The van der Waals surface area contributed by atoms with Gasteiger partial charge in [-0.15, -0.1) is 0 Å². The molecule has 0 radical (unpaired) electrons. The second kappa shape index (κ2) is 9.89. The quantitative estimate of drug-likeness (QED) is 0.382. The molecule has 4 aromatic rings. The van der Waals surface area contributed by atoms with Crippen LogP contribution in [0, 0.1) is 0 Å². The monoisotopic (exact) mass is 550 g/mol. The van der Waals surface area contributed by atoms with Crippen LogP contribution in [0.3, 0.4) is 0 Å². The van der Waals surface area contributed by atoms with E-state index in [0.29, 0.717) is 47.9 Å². The lowest BCUT2D eigenvalue weighted by Gasteiger charge is -2.42. The van der Waals surface area contributed by atoms with Crippen molar-refractivity contribution in [1.82, 2.24) is 19.8 Å². The maximum atomic E-state index is 13.4. The Kier molecular flexibility index (Phi) is 6.41. The third-order valence-corrected chi connectivity index (χ3v) is 7.79. The molecule has 0 atom stereocenters. The number of amides is 2. The Bertz CT molecular complexity index is 1410. The molecule has 11 heteroatoms. The zero-order valence-corrected chi connectivity index (χ0v) is 22.3. The first-order chi connectivity index (χ1) is 18.4. The number of carbonyl (C=O) groups is 1. The molecule has 4 heterocycles. The zero-order valence-electron chi connectivity index (χ0n) is 20.8.